The third-order valence-corrected chi connectivity index (χ3v) is 3.81. The Hall–Kier alpha value is -1.80. The molecule has 0 radical (unpaired) electrons. The first-order valence-corrected chi connectivity index (χ1v) is 6.94. The lowest BCUT2D eigenvalue weighted by Crippen LogP contribution is -2.12. The zero-order chi connectivity index (χ0) is 14.7. The Labute approximate surface area is 121 Å². The summed E-state index contributed by atoms with van der Waals surface area (Å²) in [6.45, 7) is 8.43. The van der Waals surface area contributed by atoms with Crippen molar-refractivity contribution in [2.45, 2.75) is 33.8 Å². The molecule has 0 saturated carbocycles. The molecule has 0 aliphatic rings. The second kappa shape index (κ2) is 6.10. The molecule has 0 spiro atoms. The monoisotopic (exact) mass is 270 g/mol. The number of benzene rings is 2. The fourth-order valence-corrected chi connectivity index (χ4v) is 2.36. The summed E-state index contributed by atoms with van der Waals surface area (Å²) >= 11 is 0. The summed E-state index contributed by atoms with van der Waals surface area (Å²) in [5.41, 5.74) is 5.46. The van der Waals surface area contributed by atoms with E-state index in [0.717, 1.165) is 28.0 Å². The van der Waals surface area contributed by atoms with Crippen molar-refractivity contribution in [2.75, 3.05) is 6.61 Å². The molecule has 0 aliphatic heterocycles. The molecule has 20 heavy (non-hydrogen) atoms. The fourth-order valence-electron chi connectivity index (χ4n) is 2.36. The van der Waals surface area contributed by atoms with Gasteiger partial charge in [-0.1, -0.05) is 36.4 Å². The van der Waals surface area contributed by atoms with Crippen molar-refractivity contribution in [3.63, 3.8) is 0 Å². The average Bonchev–Trinajstić information content (AvgIpc) is 2.43. The Morgan fingerprint density at radius 1 is 0.900 bits per heavy atom. The molecule has 0 bridgehead atoms. The highest BCUT2D eigenvalue weighted by Gasteiger charge is 2.13. The molecule has 2 aromatic carbocycles. The maximum Gasteiger partial charge on any atom is 0.125 e. The second-order valence-electron chi connectivity index (χ2n) is 5.34. The van der Waals surface area contributed by atoms with E-state index in [-0.39, 0.29) is 6.61 Å². The van der Waals surface area contributed by atoms with E-state index in [4.69, 9.17) is 4.74 Å². The van der Waals surface area contributed by atoms with Crippen molar-refractivity contribution in [3.8, 4) is 5.75 Å². The minimum Gasteiger partial charge on any atom is -0.490 e. The maximum absolute atomic E-state index is 10.3. The molecule has 0 heterocycles. The van der Waals surface area contributed by atoms with Crippen molar-refractivity contribution < 1.29 is 9.84 Å². The van der Waals surface area contributed by atoms with Crippen LogP contribution < -0.4 is 4.74 Å². The molecule has 2 heteroatoms. The number of hydrogen-bond donors (Lipinski definition) is 1. The predicted molar refractivity (Wildman–Crippen MR) is 82.3 cm³/mol. The summed E-state index contributed by atoms with van der Waals surface area (Å²) in [6.07, 6.45) is -0.601. The van der Waals surface area contributed by atoms with E-state index in [9.17, 15) is 5.11 Å². The minimum atomic E-state index is -0.601. The standard InChI is InChI=1S/C18H22O2/c1-12-9-10-14(3)18(15(12)4)20-11-17(19)16-8-6-5-7-13(16)2/h5-10,17,19H,11H2,1-4H3. The number of aryl methyl sites for hydroxylation is 3. The molecule has 1 atom stereocenters. The molecule has 0 aromatic heterocycles. The van der Waals surface area contributed by atoms with Crippen LogP contribution in [0.4, 0.5) is 0 Å². The van der Waals surface area contributed by atoms with Gasteiger partial charge in [-0.15, -0.1) is 0 Å². The maximum atomic E-state index is 10.3. The van der Waals surface area contributed by atoms with E-state index in [0.29, 0.717) is 0 Å². The molecular formula is C18H22O2. The van der Waals surface area contributed by atoms with E-state index >= 15 is 0 Å². The summed E-state index contributed by atoms with van der Waals surface area (Å²) in [5, 5.41) is 10.3. The molecule has 1 N–H and O–H groups in total. The first kappa shape index (κ1) is 14.6. The first-order chi connectivity index (χ1) is 9.50. The van der Waals surface area contributed by atoms with Crippen molar-refractivity contribution in [1.29, 1.82) is 0 Å². The van der Waals surface area contributed by atoms with Gasteiger partial charge in [-0.25, -0.2) is 0 Å². The van der Waals surface area contributed by atoms with Crippen LogP contribution in [0, 0.1) is 27.7 Å². The normalized spacial score (nSPS) is 12.2. The van der Waals surface area contributed by atoms with Gasteiger partial charge in [0.15, 0.2) is 0 Å². The Morgan fingerprint density at radius 3 is 2.25 bits per heavy atom. The summed E-state index contributed by atoms with van der Waals surface area (Å²) in [4.78, 5) is 0. The molecule has 1 unspecified atom stereocenters. The lowest BCUT2D eigenvalue weighted by molar-refractivity contribution is 0.107. The molecule has 2 rings (SSSR count). The van der Waals surface area contributed by atoms with E-state index in [1.54, 1.807) is 0 Å². The van der Waals surface area contributed by atoms with Gasteiger partial charge in [0.1, 0.15) is 18.5 Å². The van der Waals surface area contributed by atoms with Gasteiger partial charge in [0.05, 0.1) is 0 Å². The smallest absolute Gasteiger partial charge is 0.125 e. The topological polar surface area (TPSA) is 29.5 Å². The third kappa shape index (κ3) is 3.02. The lowest BCUT2D eigenvalue weighted by atomic mass is 10.0. The van der Waals surface area contributed by atoms with Crippen LogP contribution >= 0.6 is 0 Å². The first-order valence-electron chi connectivity index (χ1n) is 6.94. The lowest BCUT2D eigenvalue weighted by Gasteiger charge is -2.18. The summed E-state index contributed by atoms with van der Waals surface area (Å²) in [5.74, 6) is 0.887. The molecule has 0 saturated heterocycles. The Balaban J connectivity index is 2.14. The number of aliphatic hydroxyl groups is 1. The molecule has 2 nitrogen and oxygen atoms in total. The van der Waals surface area contributed by atoms with Crippen molar-refractivity contribution >= 4 is 0 Å². The number of rotatable bonds is 4. The SMILES string of the molecule is Cc1ccccc1C(O)COc1c(C)ccc(C)c1C. The Kier molecular flexibility index (Phi) is 4.46. The average molecular weight is 270 g/mol. The van der Waals surface area contributed by atoms with Gasteiger partial charge in [-0.3, -0.25) is 0 Å². The van der Waals surface area contributed by atoms with Gasteiger partial charge < -0.3 is 9.84 Å². The van der Waals surface area contributed by atoms with Gasteiger partial charge in [0.2, 0.25) is 0 Å². The number of hydrogen-bond acceptors (Lipinski definition) is 2. The van der Waals surface area contributed by atoms with Crippen LogP contribution in [0.25, 0.3) is 0 Å². The summed E-state index contributed by atoms with van der Waals surface area (Å²) in [7, 11) is 0. The molecular weight excluding hydrogens is 248 g/mol. The zero-order valence-electron chi connectivity index (χ0n) is 12.6. The molecule has 0 aliphatic carbocycles. The van der Waals surface area contributed by atoms with Crippen LogP contribution in [0.1, 0.15) is 33.9 Å². The van der Waals surface area contributed by atoms with Crippen LogP contribution in [0.2, 0.25) is 0 Å². The van der Waals surface area contributed by atoms with Gasteiger partial charge in [0.25, 0.3) is 0 Å². The van der Waals surface area contributed by atoms with Crippen LogP contribution in [0.15, 0.2) is 36.4 Å². The quantitative estimate of drug-likeness (QED) is 0.908. The Bertz CT molecular complexity index is 602. The summed E-state index contributed by atoms with van der Waals surface area (Å²) < 4.78 is 5.87. The van der Waals surface area contributed by atoms with E-state index in [1.807, 2.05) is 38.1 Å². The van der Waals surface area contributed by atoms with Crippen molar-refractivity contribution in [3.05, 3.63) is 64.2 Å². The third-order valence-electron chi connectivity index (χ3n) is 3.81. The van der Waals surface area contributed by atoms with Crippen molar-refractivity contribution in [2.24, 2.45) is 0 Å². The summed E-state index contributed by atoms with van der Waals surface area (Å²) in [6, 6.07) is 12.0. The van der Waals surface area contributed by atoms with Gasteiger partial charge in [0, 0.05) is 0 Å². The molecule has 0 fully saturated rings. The highest BCUT2D eigenvalue weighted by molar-refractivity contribution is 5.44. The van der Waals surface area contributed by atoms with Gasteiger partial charge >= 0.3 is 0 Å². The molecule has 2 aromatic rings. The van der Waals surface area contributed by atoms with Crippen LogP contribution in [0.3, 0.4) is 0 Å². The highest BCUT2D eigenvalue weighted by Crippen LogP contribution is 2.27. The van der Waals surface area contributed by atoms with E-state index < -0.39 is 6.10 Å². The highest BCUT2D eigenvalue weighted by atomic mass is 16.5. The zero-order valence-corrected chi connectivity index (χ0v) is 12.6. The van der Waals surface area contributed by atoms with Crippen molar-refractivity contribution in [1.82, 2.24) is 0 Å². The predicted octanol–water partition coefficient (Wildman–Crippen LogP) is 4.03. The second-order valence-corrected chi connectivity index (χ2v) is 5.34. The number of ether oxygens (including phenoxy) is 1. The minimum absolute atomic E-state index is 0.274. The molecule has 106 valence electrons. The van der Waals surface area contributed by atoms with Crippen LogP contribution in [0.5, 0.6) is 5.75 Å². The Morgan fingerprint density at radius 2 is 1.55 bits per heavy atom. The fraction of sp³-hybridized carbons (Fsp3) is 0.333. The van der Waals surface area contributed by atoms with Crippen LogP contribution in [-0.4, -0.2) is 11.7 Å². The number of aliphatic hydroxyl groups excluding tert-OH is 1. The largest absolute Gasteiger partial charge is 0.490 e. The molecule has 0 amide bonds. The van der Waals surface area contributed by atoms with Crippen LogP contribution in [-0.2, 0) is 0 Å². The van der Waals surface area contributed by atoms with E-state index in [1.165, 1.54) is 5.56 Å². The van der Waals surface area contributed by atoms with E-state index in [2.05, 4.69) is 26.0 Å². The van der Waals surface area contributed by atoms with Gasteiger partial charge in [-0.05, 0) is 55.5 Å². The van der Waals surface area contributed by atoms with Gasteiger partial charge in [-0.2, -0.15) is 0 Å².